The van der Waals surface area contributed by atoms with Crippen LogP contribution >= 0.6 is 0 Å². The second kappa shape index (κ2) is 8.58. The van der Waals surface area contributed by atoms with Gasteiger partial charge >= 0.3 is 17.7 Å². The Morgan fingerprint density at radius 2 is 1.73 bits per heavy atom. The molecule has 0 radical (unpaired) electrons. The first-order chi connectivity index (χ1) is 15.8. The summed E-state index contributed by atoms with van der Waals surface area (Å²) in [6.45, 7) is 1.63. The van der Waals surface area contributed by atoms with Crippen LogP contribution in [0, 0.1) is 0 Å². The van der Waals surface area contributed by atoms with Crippen molar-refractivity contribution in [2.75, 3.05) is 19.0 Å². The van der Waals surface area contributed by atoms with Crippen LogP contribution in [0.2, 0.25) is 0 Å². The molecule has 1 aliphatic heterocycles. The van der Waals surface area contributed by atoms with Crippen molar-refractivity contribution < 1.29 is 33.1 Å². The number of rotatable bonds is 5. The molecule has 0 unspecified atom stereocenters. The number of ether oxygens (including phenoxy) is 2. The summed E-state index contributed by atoms with van der Waals surface area (Å²) in [6, 6.07) is 9.97. The number of hydrogen-bond acceptors (Lipinski definition) is 8. The first-order valence-electron chi connectivity index (χ1n) is 9.92. The molecule has 10 heteroatoms. The second-order valence-corrected chi connectivity index (χ2v) is 7.15. The standard InChI is InChI=1S/C23H18N2O8/c1-3-31-23(30)24-14-5-7-15-13(9-19(26)33-18(15)10-14)11-32-22(29)12-4-6-16-17(8-12)21(28)25(2)20(16)27/h4-10H,3,11H2,1-2H3,(H,24,30). The maximum atomic E-state index is 12.6. The van der Waals surface area contributed by atoms with E-state index in [9.17, 15) is 24.0 Å². The SMILES string of the molecule is CCOC(=O)Nc1ccc2c(COC(=O)c3ccc4c(c3)C(=O)N(C)C4=O)cc(=O)oc2c1. The molecule has 3 aromatic rings. The lowest BCUT2D eigenvalue weighted by Gasteiger charge is -2.09. The molecule has 168 valence electrons. The zero-order valence-corrected chi connectivity index (χ0v) is 17.7. The fourth-order valence-corrected chi connectivity index (χ4v) is 3.43. The number of carbonyl (C=O) groups is 4. The van der Waals surface area contributed by atoms with Gasteiger partial charge in [-0.25, -0.2) is 14.4 Å². The number of anilines is 1. The molecule has 33 heavy (non-hydrogen) atoms. The molecular formula is C23H18N2O8. The summed E-state index contributed by atoms with van der Waals surface area (Å²) in [5.41, 5.74) is 0.727. The summed E-state index contributed by atoms with van der Waals surface area (Å²) in [7, 11) is 1.36. The summed E-state index contributed by atoms with van der Waals surface area (Å²) in [4.78, 5) is 61.2. The highest BCUT2D eigenvalue weighted by Crippen LogP contribution is 2.25. The largest absolute Gasteiger partial charge is 0.457 e. The minimum atomic E-state index is -0.727. The number of nitrogens with one attached hydrogen (secondary N) is 1. The van der Waals surface area contributed by atoms with E-state index in [2.05, 4.69) is 5.32 Å². The van der Waals surface area contributed by atoms with Crippen LogP contribution in [0.25, 0.3) is 11.0 Å². The van der Waals surface area contributed by atoms with Gasteiger partial charge in [0.1, 0.15) is 12.2 Å². The molecule has 4 rings (SSSR count). The van der Waals surface area contributed by atoms with Gasteiger partial charge in [-0.1, -0.05) is 0 Å². The normalized spacial score (nSPS) is 12.6. The third kappa shape index (κ3) is 4.18. The molecule has 3 amide bonds. The molecule has 2 aromatic carbocycles. The zero-order chi connectivity index (χ0) is 23.7. The van der Waals surface area contributed by atoms with Gasteiger partial charge in [-0.15, -0.1) is 0 Å². The van der Waals surface area contributed by atoms with Gasteiger partial charge in [-0.05, 0) is 37.3 Å². The minimum Gasteiger partial charge on any atom is -0.457 e. The number of nitrogens with zero attached hydrogens (tertiary/aromatic N) is 1. The van der Waals surface area contributed by atoms with E-state index in [1.54, 1.807) is 19.1 Å². The van der Waals surface area contributed by atoms with Gasteiger partial charge in [0.2, 0.25) is 0 Å². The average Bonchev–Trinajstić information content (AvgIpc) is 3.00. The Kier molecular flexibility index (Phi) is 5.65. The van der Waals surface area contributed by atoms with Crippen molar-refractivity contribution in [2.45, 2.75) is 13.5 Å². The van der Waals surface area contributed by atoms with E-state index < -0.39 is 29.5 Å². The highest BCUT2D eigenvalue weighted by Gasteiger charge is 2.33. The second-order valence-electron chi connectivity index (χ2n) is 7.15. The lowest BCUT2D eigenvalue weighted by atomic mass is 10.1. The number of hydrogen-bond donors (Lipinski definition) is 1. The Hall–Kier alpha value is -4.47. The fraction of sp³-hybridized carbons (Fsp3) is 0.174. The summed E-state index contributed by atoms with van der Waals surface area (Å²) in [5.74, 6) is -1.66. The quantitative estimate of drug-likeness (QED) is 0.356. The summed E-state index contributed by atoms with van der Waals surface area (Å²) in [6.07, 6.45) is -0.648. The Morgan fingerprint density at radius 1 is 0.970 bits per heavy atom. The number of esters is 1. The molecule has 1 aromatic heterocycles. The Bertz CT molecular complexity index is 1370. The lowest BCUT2D eigenvalue weighted by Crippen LogP contribution is -2.24. The topological polar surface area (TPSA) is 132 Å². The molecule has 10 nitrogen and oxygen atoms in total. The number of amides is 3. The maximum Gasteiger partial charge on any atom is 0.411 e. The third-order valence-corrected chi connectivity index (χ3v) is 5.04. The molecular weight excluding hydrogens is 432 g/mol. The molecule has 2 heterocycles. The van der Waals surface area contributed by atoms with E-state index in [1.165, 1.54) is 37.4 Å². The van der Waals surface area contributed by atoms with Crippen LogP contribution in [0.15, 0.2) is 51.7 Å². The highest BCUT2D eigenvalue weighted by atomic mass is 16.5. The highest BCUT2D eigenvalue weighted by molar-refractivity contribution is 6.21. The van der Waals surface area contributed by atoms with Gasteiger partial charge in [0.05, 0.1) is 23.3 Å². The van der Waals surface area contributed by atoms with Gasteiger partial charge < -0.3 is 13.9 Å². The van der Waals surface area contributed by atoms with Crippen LogP contribution in [0.3, 0.4) is 0 Å². The molecule has 0 saturated heterocycles. The van der Waals surface area contributed by atoms with Gasteiger partial charge in [0.25, 0.3) is 11.8 Å². The molecule has 0 saturated carbocycles. The van der Waals surface area contributed by atoms with E-state index in [4.69, 9.17) is 13.9 Å². The Balaban J connectivity index is 1.54. The van der Waals surface area contributed by atoms with Crippen molar-refractivity contribution >= 4 is 40.5 Å². The van der Waals surface area contributed by atoms with Crippen molar-refractivity contribution in [3.05, 3.63) is 75.1 Å². The summed E-state index contributed by atoms with van der Waals surface area (Å²) >= 11 is 0. The zero-order valence-electron chi connectivity index (χ0n) is 17.7. The Morgan fingerprint density at radius 3 is 2.48 bits per heavy atom. The Labute approximate surface area is 186 Å². The van der Waals surface area contributed by atoms with E-state index in [1.807, 2.05) is 0 Å². The van der Waals surface area contributed by atoms with Crippen molar-refractivity contribution in [2.24, 2.45) is 0 Å². The molecule has 1 N–H and O–H groups in total. The first-order valence-corrected chi connectivity index (χ1v) is 9.92. The number of imide groups is 1. The average molecular weight is 450 g/mol. The smallest absolute Gasteiger partial charge is 0.411 e. The van der Waals surface area contributed by atoms with E-state index in [0.29, 0.717) is 16.6 Å². The van der Waals surface area contributed by atoms with Crippen molar-refractivity contribution in [1.29, 1.82) is 0 Å². The van der Waals surface area contributed by atoms with Crippen molar-refractivity contribution in [3.8, 4) is 0 Å². The predicted molar refractivity (Wildman–Crippen MR) is 115 cm³/mol. The molecule has 0 bridgehead atoms. The summed E-state index contributed by atoms with van der Waals surface area (Å²) in [5, 5.41) is 3.02. The molecule has 0 aliphatic carbocycles. The minimum absolute atomic E-state index is 0.0957. The van der Waals surface area contributed by atoms with Gasteiger partial charge in [0.15, 0.2) is 0 Å². The van der Waals surface area contributed by atoms with Crippen LogP contribution in [0.4, 0.5) is 10.5 Å². The third-order valence-electron chi connectivity index (χ3n) is 5.04. The number of fused-ring (bicyclic) bond motifs is 2. The van der Waals surface area contributed by atoms with Crippen LogP contribution in [0.1, 0.15) is 43.6 Å². The van der Waals surface area contributed by atoms with Crippen LogP contribution in [0.5, 0.6) is 0 Å². The molecule has 0 fully saturated rings. The van der Waals surface area contributed by atoms with E-state index >= 15 is 0 Å². The number of benzene rings is 2. The maximum absolute atomic E-state index is 12.6. The lowest BCUT2D eigenvalue weighted by molar-refractivity contribution is 0.0473. The van der Waals surface area contributed by atoms with Crippen LogP contribution in [-0.4, -0.2) is 42.4 Å². The van der Waals surface area contributed by atoms with Crippen molar-refractivity contribution in [3.63, 3.8) is 0 Å². The van der Waals surface area contributed by atoms with Crippen LogP contribution in [-0.2, 0) is 16.1 Å². The van der Waals surface area contributed by atoms with Crippen LogP contribution < -0.4 is 10.9 Å². The number of carbonyl (C=O) groups excluding carboxylic acids is 4. The van der Waals surface area contributed by atoms with Gasteiger partial charge in [-0.2, -0.15) is 0 Å². The first kappa shape index (κ1) is 21.8. The van der Waals surface area contributed by atoms with Crippen molar-refractivity contribution in [1.82, 2.24) is 4.90 Å². The van der Waals surface area contributed by atoms with E-state index in [0.717, 1.165) is 4.90 Å². The molecule has 0 atom stereocenters. The van der Waals surface area contributed by atoms with Gasteiger partial charge in [0, 0.05) is 35.8 Å². The fourth-order valence-electron chi connectivity index (χ4n) is 3.43. The van der Waals surface area contributed by atoms with Gasteiger partial charge in [-0.3, -0.25) is 19.8 Å². The monoisotopic (exact) mass is 450 g/mol. The summed E-state index contributed by atoms with van der Waals surface area (Å²) < 4.78 is 15.3. The predicted octanol–water partition coefficient (Wildman–Crippen LogP) is 2.94. The molecule has 1 aliphatic rings. The molecule has 0 spiro atoms. The van der Waals surface area contributed by atoms with E-state index in [-0.39, 0.29) is 35.5 Å².